The zero-order valence-corrected chi connectivity index (χ0v) is 22.3. The molecule has 10 heteroatoms. The number of nitrogens with zero attached hydrogens (tertiary/aromatic N) is 2. The molecule has 1 N–H and O–H groups in total. The molecule has 1 aromatic rings. The number of methoxy groups -OCH3 is 1. The number of ether oxygens (including phenoxy) is 1. The van der Waals surface area contributed by atoms with Gasteiger partial charge in [0.05, 0.1) is 19.6 Å². The molecule has 2 fully saturated rings. The Morgan fingerprint density at radius 2 is 1.91 bits per heavy atom. The fraction of sp³-hybridized carbons (Fsp3) is 0.667. The molecule has 34 heavy (non-hydrogen) atoms. The van der Waals surface area contributed by atoms with Crippen LogP contribution in [0.4, 0.5) is 4.39 Å². The van der Waals surface area contributed by atoms with Crippen molar-refractivity contribution in [2.24, 2.45) is 5.92 Å². The standard InChI is InChI=1S/C24H36FN3O3S2.ClH/c1-31-24(30)23-20(17-3-5-18(25)6-4-17)15-19-7-8-21(23)28(19)11-2-10-27(12-14-33)16-22(29)26-9-13-32;/h3-6,19-21,23,32-33H,2,7-16H2,1H3,(H,26,29);1H. The smallest absolute Gasteiger partial charge is 0.310 e. The molecule has 2 bridgehead atoms. The molecule has 192 valence electrons. The Morgan fingerprint density at radius 3 is 2.56 bits per heavy atom. The van der Waals surface area contributed by atoms with Crippen molar-refractivity contribution < 1.29 is 18.7 Å². The highest BCUT2D eigenvalue weighted by Crippen LogP contribution is 2.47. The third-order valence-corrected chi connectivity index (χ3v) is 7.37. The summed E-state index contributed by atoms with van der Waals surface area (Å²) >= 11 is 8.47. The van der Waals surface area contributed by atoms with Crippen LogP contribution in [0, 0.1) is 11.7 Å². The van der Waals surface area contributed by atoms with Crippen molar-refractivity contribution in [3.63, 3.8) is 0 Å². The van der Waals surface area contributed by atoms with Crippen LogP contribution in [0.25, 0.3) is 0 Å². The molecule has 2 aliphatic heterocycles. The van der Waals surface area contributed by atoms with E-state index in [2.05, 4.69) is 40.4 Å². The van der Waals surface area contributed by atoms with Gasteiger partial charge in [-0.1, -0.05) is 12.1 Å². The van der Waals surface area contributed by atoms with Crippen molar-refractivity contribution in [3.8, 4) is 0 Å². The molecular weight excluding hydrogens is 497 g/mol. The van der Waals surface area contributed by atoms with Crippen molar-refractivity contribution in [2.75, 3.05) is 51.3 Å². The molecule has 2 heterocycles. The summed E-state index contributed by atoms with van der Waals surface area (Å²) < 4.78 is 18.7. The molecule has 0 aliphatic carbocycles. The quantitative estimate of drug-likeness (QED) is 0.285. The van der Waals surface area contributed by atoms with E-state index in [9.17, 15) is 14.0 Å². The first-order chi connectivity index (χ1) is 16.0. The van der Waals surface area contributed by atoms with Crippen LogP contribution in [-0.4, -0.2) is 85.1 Å². The normalized spacial score (nSPS) is 24.0. The fourth-order valence-corrected chi connectivity index (χ4v) is 5.91. The van der Waals surface area contributed by atoms with Crippen LogP contribution < -0.4 is 5.32 Å². The van der Waals surface area contributed by atoms with Gasteiger partial charge in [-0.15, -0.1) is 12.4 Å². The first-order valence-corrected chi connectivity index (χ1v) is 13.0. The lowest BCUT2D eigenvalue weighted by atomic mass is 9.76. The van der Waals surface area contributed by atoms with Crippen LogP contribution in [0.1, 0.15) is 37.2 Å². The van der Waals surface area contributed by atoms with Crippen LogP contribution >= 0.6 is 37.7 Å². The Labute approximate surface area is 219 Å². The Hall–Kier alpha value is -1.000. The summed E-state index contributed by atoms with van der Waals surface area (Å²) in [6.07, 6.45) is 3.81. The number of carbonyl (C=O) groups excluding carboxylic acids is 2. The third kappa shape index (κ3) is 7.50. The molecule has 6 nitrogen and oxygen atoms in total. The lowest BCUT2D eigenvalue weighted by molar-refractivity contribution is -0.150. The lowest BCUT2D eigenvalue weighted by Crippen LogP contribution is -2.51. The van der Waals surface area contributed by atoms with Gasteiger partial charge in [0.15, 0.2) is 0 Å². The van der Waals surface area contributed by atoms with E-state index in [1.165, 1.54) is 19.2 Å². The number of thiol groups is 2. The number of rotatable bonds is 12. The van der Waals surface area contributed by atoms with Crippen molar-refractivity contribution in [2.45, 2.75) is 43.7 Å². The number of carbonyl (C=O) groups is 2. The molecule has 4 atom stereocenters. The Kier molecular flexibility index (Phi) is 12.5. The maximum atomic E-state index is 13.5. The lowest BCUT2D eigenvalue weighted by Gasteiger charge is -2.44. The highest BCUT2D eigenvalue weighted by atomic mass is 35.5. The fourth-order valence-electron chi connectivity index (χ4n) is 5.51. The third-order valence-electron chi connectivity index (χ3n) is 6.94. The molecular formula is C24H37ClFN3O3S2. The molecule has 3 rings (SSSR count). The SMILES string of the molecule is COC(=O)C1C(c2ccc(F)cc2)CC2CCC1N2CCCN(CCS)CC(=O)NCCS.Cl. The van der Waals surface area contributed by atoms with Gasteiger partial charge in [-0.3, -0.25) is 19.4 Å². The summed E-state index contributed by atoms with van der Waals surface area (Å²) in [4.78, 5) is 29.6. The molecule has 1 aromatic carbocycles. The summed E-state index contributed by atoms with van der Waals surface area (Å²) in [7, 11) is 1.45. The topological polar surface area (TPSA) is 61.9 Å². The minimum absolute atomic E-state index is 0. The zero-order chi connectivity index (χ0) is 23.8. The van der Waals surface area contributed by atoms with E-state index in [1.54, 1.807) is 12.1 Å². The second-order valence-corrected chi connectivity index (χ2v) is 9.80. The number of amides is 1. The highest BCUT2D eigenvalue weighted by Gasteiger charge is 2.50. The largest absolute Gasteiger partial charge is 0.469 e. The van der Waals surface area contributed by atoms with Crippen molar-refractivity contribution in [1.82, 2.24) is 15.1 Å². The minimum atomic E-state index is -0.265. The number of fused-ring (bicyclic) bond motifs is 2. The van der Waals surface area contributed by atoms with Crippen LogP contribution in [0.3, 0.4) is 0 Å². The minimum Gasteiger partial charge on any atom is -0.469 e. The summed E-state index contributed by atoms with van der Waals surface area (Å²) in [5.74, 6) is 0.671. The van der Waals surface area contributed by atoms with Crippen LogP contribution in [0.2, 0.25) is 0 Å². The predicted octanol–water partition coefficient (Wildman–Crippen LogP) is 3.02. The van der Waals surface area contributed by atoms with Crippen molar-refractivity contribution in [1.29, 1.82) is 0 Å². The van der Waals surface area contributed by atoms with Gasteiger partial charge in [0.25, 0.3) is 0 Å². The molecule has 2 saturated heterocycles. The van der Waals surface area contributed by atoms with Gasteiger partial charge in [0, 0.05) is 42.6 Å². The summed E-state index contributed by atoms with van der Waals surface area (Å²) in [5.41, 5.74) is 1.01. The summed E-state index contributed by atoms with van der Waals surface area (Å²) in [6.45, 7) is 3.35. The monoisotopic (exact) mass is 533 g/mol. The van der Waals surface area contributed by atoms with Gasteiger partial charge in [-0.2, -0.15) is 25.3 Å². The second kappa shape index (κ2) is 14.5. The second-order valence-electron chi connectivity index (χ2n) is 8.91. The molecule has 4 unspecified atom stereocenters. The van der Waals surface area contributed by atoms with E-state index in [4.69, 9.17) is 4.74 Å². The molecule has 0 aromatic heterocycles. The maximum Gasteiger partial charge on any atom is 0.310 e. The van der Waals surface area contributed by atoms with E-state index < -0.39 is 0 Å². The Balaban J connectivity index is 0.00000408. The molecule has 0 saturated carbocycles. The number of halogens is 2. The average Bonchev–Trinajstić information content (AvgIpc) is 3.08. The summed E-state index contributed by atoms with van der Waals surface area (Å²) in [6, 6.07) is 7.09. The maximum absolute atomic E-state index is 13.5. The number of piperidine rings is 1. The van der Waals surface area contributed by atoms with Gasteiger partial charge in [0.1, 0.15) is 5.82 Å². The van der Waals surface area contributed by atoms with Gasteiger partial charge >= 0.3 is 5.97 Å². The predicted molar refractivity (Wildman–Crippen MR) is 142 cm³/mol. The zero-order valence-electron chi connectivity index (χ0n) is 19.7. The average molecular weight is 534 g/mol. The first-order valence-electron chi connectivity index (χ1n) is 11.8. The van der Waals surface area contributed by atoms with E-state index in [0.717, 1.165) is 50.9 Å². The number of benzene rings is 1. The first kappa shape index (κ1) is 29.2. The number of nitrogens with one attached hydrogen (secondary N) is 1. The van der Waals surface area contributed by atoms with Crippen LogP contribution in [-0.2, 0) is 14.3 Å². The Bertz CT molecular complexity index is 789. The van der Waals surface area contributed by atoms with E-state index in [0.29, 0.717) is 30.6 Å². The molecule has 1 amide bonds. The van der Waals surface area contributed by atoms with Gasteiger partial charge in [0.2, 0.25) is 5.91 Å². The molecule has 2 aliphatic rings. The molecule has 0 spiro atoms. The van der Waals surface area contributed by atoms with Gasteiger partial charge in [-0.05, 0) is 56.5 Å². The van der Waals surface area contributed by atoms with E-state index in [1.807, 2.05) is 0 Å². The Morgan fingerprint density at radius 1 is 1.18 bits per heavy atom. The van der Waals surface area contributed by atoms with E-state index in [-0.39, 0.29) is 48.0 Å². The molecule has 0 radical (unpaired) electrons. The van der Waals surface area contributed by atoms with Crippen LogP contribution in [0.5, 0.6) is 0 Å². The number of hydrogen-bond donors (Lipinski definition) is 3. The highest BCUT2D eigenvalue weighted by molar-refractivity contribution is 7.80. The van der Waals surface area contributed by atoms with Gasteiger partial charge in [-0.25, -0.2) is 4.39 Å². The van der Waals surface area contributed by atoms with Gasteiger partial charge < -0.3 is 10.1 Å². The number of esters is 1. The van der Waals surface area contributed by atoms with Crippen molar-refractivity contribution in [3.05, 3.63) is 35.6 Å². The summed E-state index contributed by atoms with van der Waals surface area (Å²) in [5, 5.41) is 2.87. The van der Waals surface area contributed by atoms with E-state index >= 15 is 0 Å². The van der Waals surface area contributed by atoms with Crippen LogP contribution in [0.15, 0.2) is 24.3 Å². The number of hydrogen-bond acceptors (Lipinski definition) is 7. The van der Waals surface area contributed by atoms with Crippen molar-refractivity contribution >= 4 is 49.5 Å².